The molecule has 2 atom stereocenters. The Bertz CT molecular complexity index is 3060. The zero-order valence-electron chi connectivity index (χ0n) is 30.9. The zero-order chi connectivity index (χ0) is 37.2. The summed E-state index contributed by atoms with van der Waals surface area (Å²) in [5.41, 5.74) is 10.4. The van der Waals surface area contributed by atoms with Crippen LogP contribution in [0.3, 0.4) is 0 Å². The fraction of sp³-hybridized carbons (Fsp3) is 0.0769. The van der Waals surface area contributed by atoms with Gasteiger partial charge in [0.05, 0.1) is 0 Å². The average Bonchev–Trinajstić information content (AvgIpc) is 3.65. The van der Waals surface area contributed by atoms with Gasteiger partial charge in [-0.2, -0.15) is 0 Å². The first-order valence-corrected chi connectivity index (χ1v) is 19.3. The Balaban J connectivity index is 1.08. The molecule has 9 aromatic rings. The Kier molecular flexibility index (Phi) is 7.39. The van der Waals surface area contributed by atoms with Crippen LogP contribution < -0.4 is 5.32 Å². The number of nitrogens with one attached hydrogen (secondary N) is 1. The van der Waals surface area contributed by atoms with Crippen LogP contribution in [0.4, 0.5) is 0 Å². The summed E-state index contributed by atoms with van der Waals surface area (Å²) in [7, 11) is 0. The molecule has 0 radical (unpaired) electrons. The van der Waals surface area contributed by atoms with Crippen LogP contribution >= 0.6 is 0 Å². The average molecular weight is 720 g/mol. The second kappa shape index (κ2) is 12.8. The van der Waals surface area contributed by atoms with Crippen molar-refractivity contribution in [3.8, 4) is 33.6 Å². The fourth-order valence-corrected chi connectivity index (χ4v) is 8.93. The smallest absolute Gasteiger partial charge is 0.159 e. The number of rotatable bonds is 5. The SMILES string of the molecule is CC1(C2Cc3c(oc4cccc(-c5cccc(-c6ccccc6)c5)c34)-c3ccccc32)N=C(c2ccc3ccccc3c2)N=C(c2ccc3ccccc3c2)N1. The Labute approximate surface area is 325 Å². The highest BCUT2D eigenvalue weighted by Gasteiger charge is 2.44. The number of fused-ring (bicyclic) bond motifs is 7. The van der Waals surface area contributed by atoms with E-state index in [9.17, 15) is 0 Å². The highest BCUT2D eigenvalue weighted by molar-refractivity contribution is 6.15. The van der Waals surface area contributed by atoms with Crippen molar-refractivity contribution in [1.29, 1.82) is 0 Å². The van der Waals surface area contributed by atoms with Gasteiger partial charge in [-0.25, -0.2) is 9.98 Å². The summed E-state index contributed by atoms with van der Waals surface area (Å²) in [5, 5.41) is 9.82. The summed E-state index contributed by atoms with van der Waals surface area (Å²) in [5.74, 6) is 2.44. The Morgan fingerprint density at radius 2 is 1.16 bits per heavy atom. The number of benzene rings is 8. The summed E-state index contributed by atoms with van der Waals surface area (Å²) in [4.78, 5) is 10.9. The number of nitrogens with zero attached hydrogens (tertiary/aromatic N) is 2. The molecule has 0 spiro atoms. The van der Waals surface area contributed by atoms with E-state index in [0.29, 0.717) is 0 Å². The van der Waals surface area contributed by atoms with Gasteiger partial charge in [-0.15, -0.1) is 0 Å². The maximum atomic E-state index is 6.85. The summed E-state index contributed by atoms with van der Waals surface area (Å²) >= 11 is 0. The van der Waals surface area contributed by atoms with E-state index in [2.05, 4.69) is 194 Å². The van der Waals surface area contributed by atoms with Crippen molar-refractivity contribution in [2.45, 2.75) is 24.9 Å². The topological polar surface area (TPSA) is 49.9 Å². The molecule has 1 aliphatic heterocycles. The fourth-order valence-electron chi connectivity index (χ4n) is 8.93. The molecule has 2 unspecified atom stereocenters. The molecule has 0 fully saturated rings. The molecule has 56 heavy (non-hydrogen) atoms. The first kappa shape index (κ1) is 32.4. The lowest BCUT2D eigenvalue weighted by molar-refractivity contribution is 0.343. The van der Waals surface area contributed by atoms with Crippen LogP contribution in [0.15, 0.2) is 196 Å². The van der Waals surface area contributed by atoms with E-state index in [4.69, 9.17) is 14.4 Å². The quantitative estimate of drug-likeness (QED) is 0.192. The minimum Gasteiger partial charge on any atom is -0.456 e. The number of amidine groups is 2. The summed E-state index contributed by atoms with van der Waals surface area (Å²) in [6.45, 7) is 2.24. The van der Waals surface area contributed by atoms with Crippen LogP contribution in [0, 0.1) is 0 Å². The minimum absolute atomic E-state index is 0.0443. The van der Waals surface area contributed by atoms with Crippen molar-refractivity contribution in [3.05, 3.63) is 204 Å². The maximum Gasteiger partial charge on any atom is 0.159 e. The number of hydrogen-bond donors (Lipinski definition) is 1. The molecule has 8 aromatic carbocycles. The van der Waals surface area contributed by atoms with E-state index in [-0.39, 0.29) is 5.92 Å². The van der Waals surface area contributed by atoms with E-state index in [1.165, 1.54) is 49.5 Å². The third-order valence-corrected chi connectivity index (χ3v) is 11.7. The zero-order valence-corrected chi connectivity index (χ0v) is 30.9. The molecular formula is C52H37N3O. The molecule has 2 heterocycles. The second-order valence-electron chi connectivity index (χ2n) is 15.2. The lowest BCUT2D eigenvalue weighted by Gasteiger charge is -2.41. The van der Waals surface area contributed by atoms with Crippen LogP contribution in [0.1, 0.15) is 35.1 Å². The molecule has 0 amide bonds. The van der Waals surface area contributed by atoms with E-state index in [0.717, 1.165) is 56.9 Å². The predicted molar refractivity (Wildman–Crippen MR) is 231 cm³/mol. The first-order chi connectivity index (χ1) is 27.6. The van der Waals surface area contributed by atoms with Gasteiger partial charge in [0.2, 0.25) is 0 Å². The molecule has 2 aliphatic rings. The van der Waals surface area contributed by atoms with Gasteiger partial charge in [0.1, 0.15) is 22.8 Å². The maximum absolute atomic E-state index is 6.85. The highest BCUT2D eigenvalue weighted by Crippen LogP contribution is 2.50. The monoisotopic (exact) mass is 719 g/mol. The van der Waals surface area contributed by atoms with Crippen molar-refractivity contribution >= 4 is 44.2 Å². The van der Waals surface area contributed by atoms with Crippen molar-refractivity contribution in [1.82, 2.24) is 5.32 Å². The molecule has 4 heteroatoms. The van der Waals surface area contributed by atoms with Gasteiger partial charge in [-0.3, -0.25) is 0 Å². The standard InChI is InChI=1S/C52H37N3O/c1-52(54-50(40-27-25-34-15-5-7-17-36(34)30-40)53-51(55-52)41-28-26-35-16-6-8-18-37(35)31-41)46-32-45-48-42(39-20-11-19-38(29-39)33-13-3-2-4-14-33)23-12-24-47(48)56-49(45)44-22-10-9-21-43(44)46/h2-31,46H,32H2,1H3,(H,53,54,55). The van der Waals surface area contributed by atoms with Crippen LogP contribution in [0.2, 0.25) is 0 Å². The molecule has 11 rings (SSSR count). The predicted octanol–water partition coefficient (Wildman–Crippen LogP) is 12.6. The van der Waals surface area contributed by atoms with Gasteiger partial charge in [-0.05, 0) is 87.0 Å². The lowest BCUT2D eigenvalue weighted by atomic mass is 9.74. The van der Waals surface area contributed by atoms with E-state index in [1.54, 1.807) is 0 Å². The number of aliphatic imine (C=N–C) groups is 2. The van der Waals surface area contributed by atoms with Gasteiger partial charge < -0.3 is 9.73 Å². The number of hydrogen-bond acceptors (Lipinski definition) is 4. The van der Waals surface area contributed by atoms with Crippen LogP contribution in [0.5, 0.6) is 0 Å². The van der Waals surface area contributed by atoms with Gasteiger partial charge >= 0.3 is 0 Å². The molecule has 0 saturated carbocycles. The van der Waals surface area contributed by atoms with Crippen molar-refractivity contribution in [2.75, 3.05) is 0 Å². The molecule has 266 valence electrons. The first-order valence-electron chi connectivity index (χ1n) is 19.3. The number of furan rings is 1. The van der Waals surface area contributed by atoms with Gasteiger partial charge in [0.25, 0.3) is 0 Å². The third-order valence-electron chi connectivity index (χ3n) is 11.7. The van der Waals surface area contributed by atoms with Gasteiger partial charge in [0.15, 0.2) is 5.84 Å². The summed E-state index contributed by atoms with van der Waals surface area (Å²) < 4.78 is 6.85. The van der Waals surface area contributed by atoms with Crippen molar-refractivity contribution < 1.29 is 4.42 Å². The molecule has 0 bridgehead atoms. The molecular weight excluding hydrogens is 683 g/mol. The Morgan fingerprint density at radius 1 is 0.536 bits per heavy atom. The van der Waals surface area contributed by atoms with Gasteiger partial charge in [-0.1, -0.05) is 158 Å². The molecule has 4 nitrogen and oxygen atoms in total. The van der Waals surface area contributed by atoms with Crippen LogP contribution in [0.25, 0.3) is 66.1 Å². The van der Waals surface area contributed by atoms with Gasteiger partial charge in [0, 0.05) is 33.6 Å². The van der Waals surface area contributed by atoms with E-state index in [1.807, 2.05) is 0 Å². The molecule has 1 aromatic heterocycles. The normalized spacial score (nSPS) is 17.6. The van der Waals surface area contributed by atoms with Crippen molar-refractivity contribution in [2.24, 2.45) is 9.98 Å². The third kappa shape index (κ3) is 5.37. The second-order valence-corrected chi connectivity index (χ2v) is 15.2. The van der Waals surface area contributed by atoms with Crippen LogP contribution in [-0.4, -0.2) is 17.3 Å². The lowest BCUT2D eigenvalue weighted by Crippen LogP contribution is -2.53. The molecule has 1 aliphatic carbocycles. The van der Waals surface area contributed by atoms with E-state index >= 15 is 0 Å². The highest BCUT2D eigenvalue weighted by atomic mass is 16.3. The minimum atomic E-state index is -0.761. The Morgan fingerprint density at radius 3 is 1.96 bits per heavy atom. The molecule has 0 saturated heterocycles. The Hall–Kier alpha value is -7.04. The summed E-state index contributed by atoms with van der Waals surface area (Å²) in [6, 6.07) is 64.7. The van der Waals surface area contributed by atoms with Crippen molar-refractivity contribution in [3.63, 3.8) is 0 Å². The van der Waals surface area contributed by atoms with Crippen LogP contribution in [-0.2, 0) is 6.42 Å². The largest absolute Gasteiger partial charge is 0.456 e. The summed E-state index contributed by atoms with van der Waals surface area (Å²) in [6.07, 6.45) is 0.734. The molecule has 1 N–H and O–H groups in total. The van der Waals surface area contributed by atoms with E-state index < -0.39 is 5.66 Å².